The number of hydrogen-bond donors (Lipinski definition) is 1. The van der Waals surface area contributed by atoms with Crippen LogP contribution in [0.1, 0.15) is 30.2 Å². The topological polar surface area (TPSA) is 86.3 Å². The fourth-order valence-corrected chi connectivity index (χ4v) is 3.50. The van der Waals surface area contributed by atoms with E-state index in [1.807, 2.05) is 24.7 Å². The minimum Gasteiger partial charge on any atom is -0.382 e. The van der Waals surface area contributed by atoms with Gasteiger partial charge in [-0.2, -0.15) is 10.2 Å². The normalized spacial score (nSPS) is 15.7. The van der Waals surface area contributed by atoms with Crippen LogP contribution in [0.2, 0.25) is 5.02 Å². The maximum absolute atomic E-state index is 14.1. The average Bonchev–Trinajstić information content (AvgIpc) is 3.43. The van der Waals surface area contributed by atoms with E-state index in [1.54, 1.807) is 23.1 Å². The van der Waals surface area contributed by atoms with E-state index in [0.29, 0.717) is 17.9 Å². The third-order valence-electron chi connectivity index (χ3n) is 4.82. The van der Waals surface area contributed by atoms with Gasteiger partial charge < -0.3 is 10.2 Å². The molecule has 4 rings (SSSR count). The molecule has 1 aromatic carbocycles. The molecular weight excluding hydrogens is 411 g/mol. The molecule has 2 aromatic heterocycles. The molecule has 3 aromatic rings. The molecular formula is C20H20ClFN6O2. The first-order valence-electron chi connectivity index (χ1n) is 9.48. The van der Waals surface area contributed by atoms with Gasteiger partial charge in [0.1, 0.15) is 5.82 Å². The van der Waals surface area contributed by atoms with Crippen LogP contribution in [0.4, 0.5) is 10.1 Å². The second-order valence-electron chi connectivity index (χ2n) is 6.94. The van der Waals surface area contributed by atoms with Crippen molar-refractivity contribution in [1.29, 1.82) is 0 Å². The van der Waals surface area contributed by atoms with E-state index < -0.39 is 17.8 Å². The van der Waals surface area contributed by atoms with E-state index in [9.17, 15) is 9.18 Å². The van der Waals surface area contributed by atoms with Crippen LogP contribution >= 0.6 is 11.6 Å². The highest BCUT2D eigenvalue weighted by molar-refractivity contribution is 6.34. The molecule has 8 nitrogen and oxygen atoms in total. The van der Waals surface area contributed by atoms with Gasteiger partial charge in [0.25, 0.3) is 5.91 Å². The van der Waals surface area contributed by atoms with Crippen LogP contribution < -0.4 is 5.32 Å². The maximum atomic E-state index is 14.1. The average molecular weight is 431 g/mol. The Balaban J connectivity index is 1.38. The summed E-state index contributed by atoms with van der Waals surface area (Å²) in [6, 6.07) is 4.36. The van der Waals surface area contributed by atoms with E-state index in [-0.39, 0.29) is 17.0 Å². The minimum absolute atomic E-state index is 0.121. The minimum atomic E-state index is -0.871. The van der Waals surface area contributed by atoms with Crippen molar-refractivity contribution in [3.05, 3.63) is 64.5 Å². The first-order chi connectivity index (χ1) is 14.4. The van der Waals surface area contributed by atoms with Crippen molar-refractivity contribution in [2.24, 2.45) is 5.16 Å². The van der Waals surface area contributed by atoms with Crippen molar-refractivity contribution >= 4 is 28.9 Å². The van der Waals surface area contributed by atoms with Crippen molar-refractivity contribution in [2.45, 2.75) is 39.5 Å². The lowest BCUT2D eigenvalue weighted by atomic mass is 10.0. The van der Waals surface area contributed by atoms with Gasteiger partial charge in [0.2, 0.25) is 6.10 Å². The van der Waals surface area contributed by atoms with E-state index in [0.717, 1.165) is 17.8 Å². The number of carbonyl (C=O) groups is 1. The molecule has 1 unspecified atom stereocenters. The standard InChI is InChI=1S/C20H20ClFN6O2/c1-3-27-9-13(12(2)25-27)10-28-11-14(8-23-28)24-20(29)18-7-17(26-30-18)19-15(21)5-4-6-16(19)22/h4-6,8-9,11,18H,3,7,10H2,1-2H3,(H,24,29). The Morgan fingerprint density at radius 3 is 2.93 bits per heavy atom. The largest absolute Gasteiger partial charge is 0.382 e. The lowest BCUT2D eigenvalue weighted by Gasteiger charge is -2.08. The van der Waals surface area contributed by atoms with Gasteiger partial charge in [0, 0.05) is 30.9 Å². The number of aromatic nitrogens is 4. The summed E-state index contributed by atoms with van der Waals surface area (Å²) in [7, 11) is 0. The smallest absolute Gasteiger partial charge is 0.268 e. The molecule has 0 aliphatic carbocycles. The number of aryl methyl sites for hydroxylation is 2. The molecule has 1 aliphatic rings. The summed E-state index contributed by atoms with van der Waals surface area (Å²) >= 11 is 6.06. The van der Waals surface area contributed by atoms with Gasteiger partial charge in [0.15, 0.2) is 0 Å². The summed E-state index contributed by atoms with van der Waals surface area (Å²) in [5.41, 5.74) is 2.98. The van der Waals surface area contributed by atoms with Crippen LogP contribution in [0.15, 0.2) is 41.9 Å². The quantitative estimate of drug-likeness (QED) is 0.649. The van der Waals surface area contributed by atoms with E-state index in [1.165, 1.54) is 12.1 Å². The predicted molar refractivity (Wildman–Crippen MR) is 110 cm³/mol. The second kappa shape index (κ2) is 8.27. The zero-order valence-electron chi connectivity index (χ0n) is 16.5. The van der Waals surface area contributed by atoms with Crippen molar-refractivity contribution in [3.8, 4) is 0 Å². The number of nitrogens with one attached hydrogen (secondary N) is 1. The van der Waals surface area contributed by atoms with E-state index >= 15 is 0 Å². The number of carbonyl (C=O) groups excluding carboxylic acids is 1. The Kier molecular flexibility index (Phi) is 5.54. The maximum Gasteiger partial charge on any atom is 0.268 e. The molecule has 0 bridgehead atoms. The zero-order chi connectivity index (χ0) is 21.3. The van der Waals surface area contributed by atoms with Gasteiger partial charge in [-0.1, -0.05) is 22.8 Å². The molecule has 156 valence electrons. The van der Waals surface area contributed by atoms with Gasteiger partial charge in [-0.25, -0.2) is 4.39 Å². The Morgan fingerprint density at radius 1 is 1.37 bits per heavy atom. The number of nitrogens with zero attached hydrogens (tertiary/aromatic N) is 5. The summed E-state index contributed by atoms with van der Waals surface area (Å²) in [6.07, 6.45) is 4.52. The second-order valence-corrected chi connectivity index (χ2v) is 7.35. The molecule has 30 heavy (non-hydrogen) atoms. The first-order valence-corrected chi connectivity index (χ1v) is 9.85. The summed E-state index contributed by atoms with van der Waals surface area (Å²) < 4.78 is 17.7. The number of oxime groups is 1. The lowest BCUT2D eigenvalue weighted by molar-refractivity contribution is -0.125. The fourth-order valence-electron chi connectivity index (χ4n) is 3.23. The number of amides is 1. The molecule has 3 heterocycles. The third kappa shape index (κ3) is 4.06. The van der Waals surface area contributed by atoms with Crippen molar-refractivity contribution < 1.29 is 14.0 Å². The van der Waals surface area contributed by atoms with Crippen LogP contribution in [0.25, 0.3) is 0 Å². The Morgan fingerprint density at radius 2 is 2.20 bits per heavy atom. The summed E-state index contributed by atoms with van der Waals surface area (Å²) in [5, 5.41) is 15.5. The monoisotopic (exact) mass is 430 g/mol. The molecule has 1 N–H and O–H groups in total. The van der Waals surface area contributed by atoms with Gasteiger partial charge in [-0.15, -0.1) is 0 Å². The van der Waals surface area contributed by atoms with Crippen LogP contribution in [0.3, 0.4) is 0 Å². The van der Waals surface area contributed by atoms with E-state index in [4.69, 9.17) is 16.4 Å². The Bertz CT molecular complexity index is 1100. The summed E-state index contributed by atoms with van der Waals surface area (Å²) in [5.74, 6) is -0.899. The Labute approximate surface area is 177 Å². The van der Waals surface area contributed by atoms with Crippen molar-refractivity contribution in [3.63, 3.8) is 0 Å². The summed E-state index contributed by atoms with van der Waals surface area (Å²) in [6.45, 7) is 5.31. The summed E-state index contributed by atoms with van der Waals surface area (Å²) in [4.78, 5) is 17.7. The van der Waals surface area contributed by atoms with Crippen LogP contribution in [0, 0.1) is 12.7 Å². The molecule has 0 saturated heterocycles. The third-order valence-corrected chi connectivity index (χ3v) is 5.13. The fraction of sp³-hybridized carbons (Fsp3) is 0.300. The van der Waals surface area contributed by atoms with Crippen molar-refractivity contribution in [1.82, 2.24) is 19.6 Å². The number of anilines is 1. The molecule has 1 amide bonds. The highest BCUT2D eigenvalue weighted by Gasteiger charge is 2.31. The van der Waals surface area contributed by atoms with Crippen molar-refractivity contribution in [2.75, 3.05) is 5.32 Å². The SMILES string of the molecule is CCn1cc(Cn2cc(NC(=O)C3CC(c4c(F)cccc4Cl)=NO3)cn2)c(C)n1. The van der Waals surface area contributed by atoms with Gasteiger partial charge in [-0.3, -0.25) is 14.2 Å². The van der Waals surface area contributed by atoms with Crippen LogP contribution in [-0.2, 0) is 22.7 Å². The molecule has 10 heteroatoms. The highest BCUT2D eigenvalue weighted by atomic mass is 35.5. The van der Waals surface area contributed by atoms with Gasteiger partial charge in [-0.05, 0) is 26.0 Å². The number of hydrogen-bond acceptors (Lipinski definition) is 5. The molecule has 0 fully saturated rings. The number of halogens is 2. The molecule has 0 saturated carbocycles. The van der Waals surface area contributed by atoms with Crippen LogP contribution in [0.5, 0.6) is 0 Å². The number of benzene rings is 1. The Hall–Kier alpha value is -3.20. The number of rotatable bonds is 6. The molecule has 1 atom stereocenters. The van der Waals surface area contributed by atoms with E-state index in [2.05, 4.69) is 20.7 Å². The van der Waals surface area contributed by atoms with Gasteiger partial charge in [0.05, 0.1) is 40.4 Å². The molecule has 0 radical (unpaired) electrons. The predicted octanol–water partition coefficient (Wildman–Crippen LogP) is 3.38. The highest BCUT2D eigenvalue weighted by Crippen LogP contribution is 2.26. The van der Waals surface area contributed by atoms with Gasteiger partial charge >= 0.3 is 0 Å². The molecule has 1 aliphatic heterocycles. The zero-order valence-corrected chi connectivity index (χ0v) is 17.2. The van der Waals surface area contributed by atoms with Crippen LogP contribution in [-0.4, -0.2) is 37.3 Å². The lowest BCUT2D eigenvalue weighted by Crippen LogP contribution is -2.28. The first kappa shape index (κ1) is 20.1. The molecule has 0 spiro atoms.